The molecule has 0 spiro atoms. The minimum atomic E-state index is -3.84. The topological polar surface area (TPSA) is 80.2 Å². The van der Waals surface area contributed by atoms with Crippen molar-refractivity contribution in [3.05, 3.63) is 83.2 Å². The van der Waals surface area contributed by atoms with E-state index in [1.54, 1.807) is 24.3 Å². The summed E-state index contributed by atoms with van der Waals surface area (Å²) in [5.41, 5.74) is 6.83. The van der Waals surface area contributed by atoms with Crippen LogP contribution in [0, 0.1) is 13.8 Å². The van der Waals surface area contributed by atoms with Crippen molar-refractivity contribution in [1.29, 1.82) is 0 Å². The second-order valence-electron chi connectivity index (χ2n) is 6.95. The van der Waals surface area contributed by atoms with Gasteiger partial charge in [0, 0.05) is 22.6 Å². The van der Waals surface area contributed by atoms with Crippen LogP contribution in [0.3, 0.4) is 0 Å². The molecule has 0 bridgehead atoms. The van der Waals surface area contributed by atoms with Gasteiger partial charge in [-0.2, -0.15) is 0 Å². The molecule has 0 aliphatic rings. The summed E-state index contributed by atoms with van der Waals surface area (Å²) in [4.78, 5) is 14.6. The van der Waals surface area contributed by atoms with E-state index in [-0.39, 0.29) is 4.90 Å². The Labute approximate surface area is 171 Å². The summed E-state index contributed by atoms with van der Waals surface area (Å²) in [6, 6.07) is 17.7. The van der Waals surface area contributed by atoms with Gasteiger partial charge in [0.1, 0.15) is 0 Å². The van der Waals surface area contributed by atoms with Gasteiger partial charge in [-0.3, -0.25) is 10.2 Å². The van der Waals surface area contributed by atoms with Crippen molar-refractivity contribution in [3.63, 3.8) is 0 Å². The number of rotatable bonds is 7. The minimum Gasteiger partial charge on any atom is -0.319 e. The number of aromatic nitrogens is 1. The van der Waals surface area contributed by atoms with E-state index in [9.17, 15) is 13.2 Å². The molecule has 29 heavy (non-hydrogen) atoms. The average Bonchev–Trinajstić information content (AvgIpc) is 3.05. The predicted octanol–water partition coefficient (Wildman–Crippen LogP) is 3.67. The number of carbonyl (C=O) groups is 1. The number of amides is 1. The van der Waals surface area contributed by atoms with Crippen LogP contribution in [0.5, 0.6) is 0 Å². The van der Waals surface area contributed by atoms with Crippen molar-refractivity contribution in [2.75, 3.05) is 0 Å². The summed E-state index contributed by atoms with van der Waals surface area (Å²) in [5.74, 6) is -0.524. The van der Waals surface area contributed by atoms with Crippen LogP contribution in [-0.2, 0) is 16.4 Å². The summed E-state index contributed by atoms with van der Waals surface area (Å²) >= 11 is 0. The van der Waals surface area contributed by atoms with Crippen LogP contribution < -0.4 is 10.3 Å². The number of hydrogen-bond acceptors (Lipinski definition) is 3. The Morgan fingerprint density at radius 1 is 0.897 bits per heavy atom. The van der Waals surface area contributed by atoms with Crippen LogP contribution >= 0.6 is 0 Å². The second-order valence-corrected chi connectivity index (χ2v) is 8.63. The normalized spacial score (nSPS) is 11.4. The molecule has 3 rings (SSSR count). The molecular formula is C22H25N3O3S. The lowest BCUT2D eigenvalue weighted by Gasteiger charge is -2.11. The van der Waals surface area contributed by atoms with Gasteiger partial charge in [-0.15, -0.1) is 4.83 Å². The van der Waals surface area contributed by atoms with Crippen molar-refractivity contribution in [3.8, 4) is 5.69 Å². The molecule has 1 amide bonds. The van der Waals surface area contributed by atoms with Gasteiger partial charge in [0.25, 0.3) is 15.9 Å². The fourth-order valence-corrected chi connectivity index (χ4v) is 4.05. The summed E-state index contributed by atoms with van der Waals surface area (Å²) < 4.78 is 26.9. The molecule has 0 fully saturated rings. The van der Waals surface area contributed by atoms with Gasteiger partial charge in [-0.05, 0) is 74.4 Å². The lowest BCUT2D eigenvalue weighted by atomic mass is 10.1. The van der Waals surface area contributed by atoms with Gasteiger partial charge in [-0.25, -0.2) is 8.42 Å². The quantitative estimate of drug-likeness (QED) is 0.582. The van der Waals surface area contributed by atoms with Crippen LogP contribution in [0.2, 0.25) is 0 Å². The summed E-state index contributed by atoms with van der Waals surface area (Å²) in [7, 11) is -3.84. The number of benzene rings is 2. The Morgan fingerprint density at radius 2 is 1.48 bits per heavy atom. The zero-order valence-corrected chi connectivity index (χ0v) is 17.6. The Bertz CT molecular complexity index is 1080. The first-order chi connectivity index (χ1) is 13.8. The number of hydrazine groups is 1. The highest BCUT2D eigenvalue weighted by molar-refractivity contribution is 7.89. The fourth-order valence-electron chi connectivity index (χ4n) is 3.21. The van der Waals surface area contributed by atoms with Crippen LogP contribution in [-0.4, -0.2) is 18.9 Å². The monoisotopic (exact) mass is 411 g/mol. The number of carbonyl (C=O) groups excluding carboxylic acids is 1. The zero-order chi connectivity index (χ0) is 21.0. The van der Waals surface area contributed by atoms with Crippen LogP contribution in [0.4, 0.5) is 0 Å². The number of nitrogens with zero attached hydrogens (tertiary/aromatic N) is 1. The molecule has 1 heterocycles. The molecule has 0 unspecified atom stereocenters. The number of sulfonamides is 1. The molecule has 0 radical (unpaired) electrons. The van der Waals surface area contributed by atoms with E-state index >= 15 is 0 Å². The Hall–Kier alpha value is -2.90. The van der Waals surface area contributed by atoms with Gasteiger partial charge < -0.3 is 4.57 Å². The van der Waals surface area contributed by atoms with Crippen molar-refractivity contribution < 1.29 is 13.2 Å². The van der Waals surface area contributed by atoms with Gasteiger partial charge in [0.2, 0.25) is 0 Å². The number of hydrogen-bond donors (Lipinski definition) is 2. The van der Waals surface area contributed by atoms with Crippen molar-refractivity contribution >= 4 is 15.9 Å². The standard InChI is InChI=1S/C22H25N3O3S/c1-4-5-18-8-14-21(15-9-18)29(27,28)24-23-22(26)19-10-12-20(13-11-19)25-16(2)6-7-17(25)3/h6-15,24H,4-5H2,1-3H3,(H,23,26). The molecule has 0 aliphatic carbocycles. The Balaban J connectivity index is 1.67. The summed E-state index contributed by atoms with van der Waals surface area (Å²) in [6.07, 6.45) is 1.88. The maximum absolute atomic E-state index is 12.4. The first-order valence-corrected chi connectivity index (χ1v) is 11.0. The third-order valence-corrected chi connectivity index (χ3v) is 5.99. The fraction of sp³-hybridized carbons (Fsp3) is 0.227. The molecular weight excluding hydrogens is 386 g/mol. The first-order valence-electron chi connectivity index (χ1n) is 9.48. The molecule has 2 aromatic carbocycles. The van der Waals surface area contributed by atoms with Crippen LogP contribution in [0.15, 0.2) is 65.6 Å². The van der Waals surface area contributed by atoms with E-state index < -0.39 is 15.9 Å². The minimum absolute atomic E-state index is 0.103. The highest BCUT2D eigenvalue weighted by Gasteiger charge is 2.16. The van der Waals surface area contributed by atoms with E-state index in [0.717, 1.165) is 35.5 Å². The highest BCUT2D eigenvalue weighted by Crippen LogP contribution is 2.17. The molecule has 2 N–H and O–H groups in total. The van der Waals surface area contributed by atoms with E-state index in [0.29, 0.717) is 5.56 Å². The highest BCUT2D eigenvalue weighted by atomic mass is 32.2. The van der Waals surface area contributed by atoms with Crippen molar-refractivity contribution in [1.82, 2.24) is 14.8 Å². The summed E-state index contributed by atoms with van der Waals surface area (Å²) in [5, 5.41) is 0. The maximum atomic E-state index is 12.4. The summed E-state index contributed by atoms with van der Waals surface area (Å²) in [6.45, 7) is 6.09. The Morgan fingerprint density at radius 3 is 2.03 bits per heavy atom. The molecule has 7 heteroatoms. The predicted molar refractivity (Wildman–Crippen MR) is 113 cm³/mol. The van der Waals surface area contributed by atoms with Gasteiger partial charge in [0.15, 0.2) is 0 Å². The smallest absolute Gasteiger partial charge is 0.266 e. The van der Waals surface area contributed by atoms with Gasteiger partial charge >= 0.3 is 0 Å². The molecule has 0 saturated heterocycles. The van der Waals surface area contributed by atoms with E-state index in [1.807, 2.05) is 38.1 Å². The van der Waals surface area contributed by atoms with E-state index in [1.165, 1.54) is 12.1 Å². The van der Waals surface area contributed by atoms with Crippen LogP contribution in [0.1, 0.15) is 40.7 Å². The van der Waals surface area contributed by atoms with Crippen molar-refractivity contribution in [2.24, 2.45) is 0 Å². The van der Waals surface area contributed by atoms with Gasteiger partial charge in [-0.1, -0.05) is 25.5 Å². The largest absolute Gasteiger partial charge is 0.319 e. The zero-order valence-electron chi connectivity index (χ0n) is 16.8. The molecule has 3 aromatic rings. The molecule has 0 saturated carbocycles. The lowest BCUT2D eigenvalue weighted by molar-refractivity contribution is 0.0945. The van der Waals surface area contributed by atoms with E-state index in [4.69, 9.17) is 0 Å². The average molecular weight is 412 g/mol. The molecule has 152 valence electrons. The first kappa shape index (κ1) is 20.8. The number of nitrogens with one attached hydrogen (secondary N) is 2. The Kier molecular flexibility index (Phi) is 6.20. The maximum Gasteiger partial charge on any atom is 0.266 e. The molecule has 6 nitrogen and oxygen atoms in total. The third-order valence-electron chi connectivity index (χ3n) is 4.73. The van der Waals surface area contributed by atoms with Gasteiger partial charge in [0.05, 0.1) is 4.90 Å². The third kappa shape index (κ3) is 4.75. The van der Waals surface area contributed by atoms with E-state index in [2.05, 4.69) is 21.7 Å². The van der Waals surface area contributed by atoms with Crippen LogP contribution in [0.25, 0.3) is 5.69 Å². The molecule has 0 aliphatic heterocycles. The lowest BCUT2D eigenvalue weighted by Crippen LogP contribution is -2.41. The molecule has 0 atom stereocenters. The number of aryl methyl sites for hydroxylation is 3. The van der Waals surface area contributed by atoms with Crippen molar-refractivity contribution in [2.45, 2.75) is 38.5 Å². The second kappa shape index (κ2) is 8.63. The SMILES string of the molecule is CCCc1ccc(S(=O)(=O)NNC(=O)c2ccc(-n3c(C)ccc3C)cc2)cc1. The molecule has 1 aromatic heterocycles.